The molecule has 0 saturated heterocycles. The first-order valence-electron chi connectivity index (χ1n) is 5.44. The van der Waals surface area contributed by atoms with Crippen molar-refractivity contribution < 1.29 is 19.0 Å². The fourth-order valence-corrected chi connectivity index (χ4v) is 1.61. The van der Waals surface area contributed by atoms with Gasteiger partial charge in [-0.1, -0.05) is 0 Å². The Kier molecular flexibility index (Phi) is 5.26. The van der Waals surface area contributed by atoms with Gasteiger partial charge in [0.05, 0.1) is 21.3 Å². The number of hydrogen-bond acceptors (Lipinski definition) is 5. The average molecular weight is 254 g/mol. The van der Waals surface area contributed by atoms with Crippen molar-refractivity contribution in [3.8, 4) is 17.2 Å². The van der Waals surface area contributed by atoms with Crippen molar-refractivity contribution in [2.75, 3.05) is 21.3 Å². The molecule has 0 fully saturated rings. The predicted molar refractivity (Wildman–Crippen MR) is 66.7 cm³/mol. The lowest BCUT2D eigenvalue weighted by molar-refractivity contribution is -0.121. The quantitative estimate of drug-likeness (QED) is 0.442. The number of benzene rings is 1. The lowest BCUT2D eigenvalue weighted by Gasteiger charge is -2.13. The first-order valence-corrected chi connectivity index (χ1v) is 5.44. The number of aryl methyl sites for hydroxylation is 1. The number of amides is 1. The second-order valence-electron chi connectivity index (χ2n) is 3.59. The van der Waals surface area contributed by atoms with Gasteiger partial charge in [-0.25, -0.2) is 5.84 Å². The topological polar surface area (TPSA) is 82.8 Å². The van der Waals surface area contributed by atoms with Gasteiger partial charge in [-0.3, -0.25) is 10.2 Å². The zero-order chi connectivity index (χ0) is 13.5. The first-order chi connectivity index (χ1) is 8.65. The molecular weight excluding hydrogens is 236 g/mol. The molecule has 6 heteroatoms. The molecular formula is C12H18N2O4. The summed E-state index contributed by atoms with van der Waals surface area (Å²) in [4.78, 5) is 11.1. The molecule has 0 radical (unpaired) electrons. The van der Waals surface area contributed by atoms with E-state index in [1.807, 2.05) is 0 Å². The molecule has 0 atom stereocenters. The second kappa shape index (κ2) is 6.70. The summed E-state index contributed by atoms with van der Waals surface area (Å²) in [6.45, 7) is 0. The Labute approximate surface area is 106 Å². The zero-order valence-electron chi connectivity index (χ0n) is 10.8. The van der Waals surface area contributed by atoms with E-state index >= 15 is 0 Å². The molecule has 0 aliphatic rings. The van der Waals surface area contributed by atoms with Crippen molar-refractivity contribution in [1.82, 2.24) is 5.43 Å². The minimum Gasteiger partial charge on any atom is -0.496 e. The predicted octanol–water partition coefficient (Wildman–Crippen LogP) is 0.635. The maximum Gasteiger partial charge on any atom is 0.234 e. The Morgan fingerprint density at radius 2 is 1.67 bits per heavy atom. The van der Waals surface area contributed by atoms with Gasteiger partial charge >= 0.3 is 0 Å². The molecule has 1 aromatic carbocycles. The smallest absolute Gasteiger partial charge is 0.234 e. The summed E-state index contributed by atoms with van der Waals surface area (Å²) >= 11 is 0. The van der Waals surface area contributed by atoms with E-state index in [1.54, 1.807) is 33.5 Å². The van der Waals surface area contributed by atoms with Crippen LogP contribution in [0.5, 0.6) is 17.2 Å². The van der Waals surface area contributed by atoms with E-state index in [0.29, 0.717) is 23.7 Å². The van der Waals surface area contributed by atoms with Crippen LogP contribution in [0, 0.1) is 0 Å². The summed E-state index contributed by atoms with van der Waals surface area (Å²) in [6, 6.07) is 3.52. The average Bonchev–Trinajstić information content (AvgIpc) is 2.43. The van der Waals surface area contributed by atoms with Gasteiger partial charge in [0.25, 0.3) is 0 Å². The van der Waals surface area contributed by atoms with Gasteiger partial charge in [0.1, 0.15) is 5.75 Å². The SMILES string of the molecule is COc1cc(OC)c(OC)cc1CCC(=O)NN. The van der Waals surface area contributed by atoms with Gasteiger partial charge < -0.3 is 14.2 Å². The normalized spacial score (nSPS) is 9.78. The van der Waals surface area contributed by atoms with E-state index in [9.17, 15) is 4.79 Å². The lowest BCUT2D eigenvalue weighted by atomic mass is 10.1. The molecule has 1 amide bonds. The maximum absolute atomic E-state index is 11.1. The monoisotopic (exact) mass is 254 g/mol. The van der Waals surface area contributed by atoms with Crippen LogP contribution in [-0.4, -0.2) is 27.2 Å². The third kappa shape index (κ3) is 3.27. The van der Waals surface area contributed by atoms with Crippen LogP contribution in [-0.2, 0) is 11.2 Å². The molecule has 0 saturated carbocycles. The second-order valence-corrected chi connectivity index (χ2v) is 3.59. The Bertz CT molecular complexity index is 421. The number of carbonyl (C=O) groups excluding carboxylic acids is 1. The minimum atomic E-state index is -0.230. The third-order valence-corrected chi connectivity index (χ3v) is 2.57. The Morgan fingerprint density at radius 3 is 2.17 bits per heavy atom. The van der Waals surface area contributed by atoms with Crippen molar-refractivity contribution in [3.05, 3.63) is 17.7 Å². The van der Waals surface area contributed by atoms with Crippen molar-refractivity contribution in [1.29, 1.82) is 0 Å². The fraction of sp³-hybridized carbons (Fsp3) is 0.417. The Morgan fingerprint density at radius 1 is 1.11 bits per heavy atom. The molecule has 100 valence electrons. The highest BCUT2D eigenvalue weighted by molar-refractivity contribution is 5.75. The summed E-state index contributed by atoms with van der Waals surface area (Å²) in [5.41, 5.74) is 2.95. The minimum absolute atomic E-state index is 0.230. The third-order valence-electron chi connectivity index (χ3n) is 2.57. The number of ether oxygens (including phenoxy) is 3. The van der Waals surface area contributed by atoms with Crippen LogP contribution in [0.4, 0.5) is 0 Å². The highest BCUT2D eigenvalue weighted by atomic mass is 16.5. The van der Waals surface area contributed by atoms with Crippen molar-refractivity contribution >= 4 is 5.91 Å². The van der Waals surface area contributed by atoms with Gasteiger partial charge in [-0.2, -0.15) is 0 Å². The maximum atomic E-state index is 11.1. The lowest BCUT2D eigenvalue weighted by Crippen LogP contribution is -2.30. The summed E-state index contributed by atoms with van der Waals surface area (Å²) < 4.78 is 15.6. The molecule has 1 aromatic rings. The number of hydrazine groups is 1. The molecule has 0 unspecified atom stereocenters. The van der Waals surface area contributed by atoms with Crippen LogP contribution in [0.2, 0.25) is 0 Å². The molecule has 18 heavy (non-hydrogen) atoms. The van der Waals surface area contributed by atoms with E-state index in [1.165, 1.54) is 0 Å². The molecule has 0 aliphatic heterocycles. The van der Waals surface area contributed by atoms with Crippen molar-refractivity contribution in [2.24, 2.45) is 5.84 Å². The highest BCUT2D eigenvalue weighted by Crippen LogP contribution is 2.35. The first kappa shape index (κ1) is 14.1. The highest BCUT2D eigenvalue weighted by Gasteiger charge is 2.12. The molecule has 0 spiro atoms. The van der Waals surface area contributed by atoms with Gasteiger partial charge in [-0.05, 0) is 18.1 Å². The van der Waals surface area contributed by atoms with Gasteiger partial charge in [0.2, 0.25) is 5.91 Å². The van der Waals surface area contributed by atoms with Gasteiger partial charge in [0.15, 0.2) is 11.5 Å². The molecule has 1 rings (SSSR count). The molecule has 6 nitrogen and oxygen atoms in total. The molecule has 3 N–H and O–H groups in total. The number of nitrogens with two attached hydrogens (primary N) is 1. The van der Waals surface area contributed by atoms with E-state index in [2.05, 4.69) is 5.43 Å². The summed E-state index contributed by atoms with van der Waals surface area (Å²) in [7, 11) is 4.67. The number of rotatable bonds is 6. The Balaban J connectivity index is 2.98. The largest absolute Gasteiger partial charge is 0.496 e. The van der Waals surface area contributed by atoms with Crippen LogP contribution in [0.25, 0.3) is 0 Å². The molecule has 0 heterocycles. The summed E-state index contributed by atoms with van der Waals surface area (Å²) in [5.74, 6) is 6.64. The summed E-state index contributed by atoms with van der Waals surface area (Å²) in [5, 5.41) is 0. The van der Waals surface area contributed by atoms with Crippen LogP contribution in [0.1, 0.15) is 12.0 Å². The summed E-state index contributed by atoms with van der Waals surface area (Å²) in [6.07, 6.45) is 0.787. The number of nitrogens with one attached hydrogen (secondary N) is 1. The molecule has 0 aromatic heterocycles. The van der Waals surface area contributed by atoms with E-state index in [0.717, 1.165) is 5.56 Å². The van der Waals surface area contributed by atoms with Gasteiger partial charge in [0, 0.05) is 12.5 Å². The zero-order valence-corrected chi connectivity index (χ0v) is 10.8. The number of hydrogen-bond donors (Lipinski definition) is 2. The molecule has 0 aliphatic carbocycles. The van der Waals surface area contributed by atoms with Crippen LogP contribution in [0.15, 0.2) is 12.1 Å². The van der Waals surface area contributed by atoms with Crippen LogP contribution < -0.4 is 25.5 Å². The van der Waals surface area contributed by atoms with Crippen molar-refractivity contribution in [3.63, 3.8) is 0 Å². The van der Waals surface area contributed by atoms with Crippen LogP contribution >= 0.6 is 0 Å². The van der Waals surface area contributed by atoms with Crippen molar-refractivity contribution in [2.45, 2.75) is 12.8 Å². The Hall–Kier alpha value is -1.95. The standard InChI is InChI=1S/C12H18N2O4/c1-16-9-7-11(18-3)10(17-2)6-8(9)4-5-12(15)14-13/h6-7H,4-5,13H2,1-3H3,(H,14,15). The number of methoxy groups -OCH3 is 3. The van der Waals surface area contributed by atoms with E-state index in [-0.39, 0.29) is 12.3 Å². The van der Waals surface area contributed by atoms with E-state index < -0.39 is 0 Å². The number of carbonyl (C=O) groups is 1. The van der Waals surface area contributed by atoms with Crippen LogP contribution in [0.3, 0.4) is 0 Å². The molecule has 0 bridgehead atoms. The van der Waals surface area contributed by atoms with Gasteiger partial charge in [-0.15, -0.1) is 0 Å². The fourth-order valence-electron chi connectivity index (χ4n) is 1.61. The van der Waals surface area contributed by atoms with E-state index in [4.69, 9.17) is 20.1 Å².